The van der Waals surface area contributed by atoms with E-state index >= 15 is 0 Å². The van der Waals surface area contributed by atoms with Crippen molar-refractivity contribution in [3.05, 3.63) is 34.9 Å². The van der Waals surface area contributed by atoms with Crippen molar-refractivity contribution in [2.75, 3.05) is 0 Å². The van der Waals surface area contributed by atoms with Crippen LogP contribution < -0.4 is 0 Å². The minimum absolute atomic E-state index is 0.206. The van der Waals surface area contributed by atoms with Crippen molar-refractivity contribution in [1.82, 2.24) is 0 Å². The second-order valence-corrected chi connectivity index (χ2v) is 6.14. The van der Waals surface area contributed by atoms with Crippen molar-refractivity contribution in [1.29, 1.82) is 5.26 Å². The Hall–Kier alpha value is -1.29. The fraction of sp³-hybridized carbons (Fsp3) is 0.533. The molecule has 0 spiro atoms. The lowest BCUT2D eigenvalue weighted by molar-refractivity contribution is 0.332. The summed E-state index contributed by atoms with van der Waals surface area (Å²) in [4.78, 5) is 0. The smallest absolute Gasteiger partial charge is 0.0991 e. The van der Waals surface area contributed by atoms with Crippen LogP contribution in [0.5, 0.6) is 0 Å². The Labute approximate surface area is 98.1 Å². The van der Waals surface area contributed by atoms with Crippen LogP contribution in [-0.2, 0) is 10.8 Å². The summed E-state index contributed by atoms with van der Waals surface area (Å²) in [5, 5.41) is 8.99. The Bertz CT molecular complexity index is 461. The molecule has 1 aliphatic rings. The lowest BCUT2D eigenvalue weighted by atomic mass is 9.63. The SMILES string of the molecule is CC1(C)CCC(C)(C)c2cc(C#N)ccc21. The van der Waals surface area contributed by atoms with Gasteiger partial charge in [0.1, 0.15) is 0 Å². The van der Waals surface area contributed by atoms with Crippen molar-refractivity contribution in [3.63, 3.8) is 0 Å². The lowest BCUT2D eigenvalue weighted by Gasteiger charge is -2.41. The van der Waals surface area contributed by atoms with Gasteiger partial charge in [-0.1, -0.05) is 33.8 Å². The molecule has 0 bridgehead atoms. The second kappa shape index (κ2) is 3.35. The second-order valence-electron chi connectivity index (χ2n) is 6.14. The van der Waals surface area contributed by atoms with Gasteiger partial charge in [-0.15, -0.1) is 0 Å². The zero-order valence-electron chi connectivity index (χ0n) is 10.6. The van der Waals surface area contributed by atoms with Crippen LogP contribution in [0.25, 0.3) is 0 Å². The summed E-state index contributed by atoms with van der Waals surface area (Å²) >= 11 is 0. The van der Waals surface area contributed by atoms with E-state index in [4.69, 9.17) is 5.26 Å². The Morgan fingerprint density at radius 2 is 1.56 bits per heavy atom. The maximum atomic E-state index is 8.99. The van der Waals surface area contributed by atoms with Gasteiger partial charge in [0.25, 0.3) is 0 Å². The highest BCUT2D eigenvalue weighted by Crippen LogP contribution is 2.45. The average Bonchev–Trinajstić information content (AvgIpc) is 2.24. The summed E-state index contributed by atoms with van der Waals surface area (Å²) in [7, 11) is 0. The van der Waals surface area contributed by atoms with Gasteiger partial charge < -0.3 is 0 Å². The molecule has 1 aromatic carbocycles. The van der Waals surface area contributed by atoms with E-state index in [1.54, 1.807) is 0 Å². The van der Waals surface area contributed by atoms with E-state index in [0.717, 1.165) is 5.56 Å². The molecule has 1 aromatic rings. The van der Waals surface area contributed by atoms with Crippen LogP contribution in [-0.4, -0.2) is 0 Å². The largest absolute Gasteiger partial charge is 0.192 e. The van der Waals surface area contributed by atoms with E-state index in [1.165, 1.54) is 24.0 Å². The molecule has 16 heavy (non-hydrogen) atoms. The van der Waals surface area contributed by atoms with Crippen LogP contribution >= 0.6 is 0 Å². The number of hydrogen-bond donors (Lipinski definition) is 0. The molecule has 0 heterocycles. The van der Waals surface area contributed by atoms with Crippen LogP contribution in [0.4, 0.5) is 0 Å². The molecule has 1 nitrogen and oxygen atoms in total. The molecule has 0 fully saturated rings. The lowest BCUT2D eigenvalue weighted by Crippen LogP contribution is -2.33. The minimum Gasteiger partial charge on any atom is -0.192 e. The van der Waals surface area contributed by atoms with Gasteiger partial charge in [-0.05, 0) is 46.9 Å². The summed E-state index contributed by atoms with van der Waals surface area (Å²) in [6.07, 6.45) is 2.42. The topological polar surface area (TPSA) is 23.8 Å². The quantitative estimate of drug-likeness (QED) is 0.641. The molecule has 1 aliphatic carbocycles. The van der Waals surface area contributed by atoms with E-state index in [0.29, 0.717) is 0 Å². The Morgan fingerprint density at radius 1 is 1.00 bits per heavy atom. The van der Waals surface area contributed by atoms with E-state index < -0.39 is 0 Å². The molecule has 0 aromatic heterocycles. The maximum Gasteiger partial charge on any atom is 0.0991 e. The summed E-state index contributed by atoms with van der Waals surface area (Å²) < 4.78 is 0. The molecule has 0 radical (unpaired) electrons. The first-order valence-electron chi connectivity index (χ1n) is 5.92. The fourth-order valence-corrected chi connectivity index (χ4v) is 2.66. The number of fused-ring (bicyclic) bond motifs is 1. The fourth-order valence-electron chi connectivity index (χ4n) is 2.66. The molecule has 0 unspecified atom stereocenters. The van der Waals surface area contributed by atoms with Gasteiger partial charge in [-0.25, -0.2) is 0 Å². The number of benzene rings is 1. The highest BCUT2D eigenvalue weighted by molar-refractivity contribution is 5.46. The molecular formula is C15H19N. The van der Waals surface area contributed by atoms with Gasteiger partial charge in [-0.3, -0.25) is 0 Å². The third-order valence-electron chi connectivity index (χ3n) is 3.98. The molecule has 0 atom stereocenters. The van der Waals surface area contributed by atoms with E-state index in [1.807, 2.05) is 6.07 Å². The van der Waals surface area contributed by atoms with Crippen molar-refractivity contribution in [3.8, 4) is 6.07 Å². The van der Waals surface area contributed by atoms with Gasteiger partial charge in [-0.2, -0.15) is 5.26 Å². The van der Waals surface area contributed by atoms with Crippen LogP contribution in [0.15, 0.2) is 18.2 Å². The first-order valence-corrected chi connectivity index (χ1v) is 5.92. The van der Waals surface area contributed by atoms with Crippen LogP contribution in [0, 0.1) is 11.3 Å². The molecule has 0 aliphatic heterocycles. The number of rotatable bonds is 0. The first-order chi connectivity index (χ1) is 7.37. The molecule has 2 rings (SSSR count). The standard InChI is InChI=1S/C15H19N/c1-14(2)7-8-15(3,4)13-9-11(10-16)5-6-12(13)14/h5-6,9H,7-8H2,1-4H3. The number of nitrogens with zero attached hydrogens (tertiary/aromatic N) is 1. The van der Waals surface area contributed by atoms with Crippen LogP contribution in [0.2, 0.25) is 0 Å². The van der Waals surface area contributed by atoms with Gasteiger partial charge >= 0.3 is 0 Å². The monoisotopic (exact) mass is 213 g/mol. The molecule has 0 N–H and O–H groups in total. The van der Waals surface area contributed by atoms with Crippen molar-refractivity contribution in [2.24, 2.45) is 0 Å². The van der Waals surface area contributed by atoms with Gasteiger partial charge in [0.15, 0.2) is 0 Å². The van der Waals surface area contributed by atoms with Gasteiger partial charge in [0, 0.05) is 0 Å². The molecule has 1 heteroatoms. The van der Waals surface area contributed by atoms with E-state index in [2.05, 4.69) is 45.9 Å². The maximum absolute atomic E-state index is 8.99. The predicted octanol–water partition coefficient (Wildman–Crippen LogP) is 3.91. The number of nitriles is 1. The third-order valence-corrected chi connectivity index (χ3v) is 3.98. The summed E-state index contributed by atoms with van der Waals surface area (Å²) in [6.45, 7) is 9.16. The molecule has 0 saturated heterocycles. The van der Waals surface area contributed by atoms with Crippen molar-refractivity contribution >= 4 is 0 Å². The minimum atomic E-state index is 0.206. The Morgan fingerprint density at radius 3 is 2.12 bits per heavy atom. The average molecular weight is 213 g/mol. The van der Waals surface area contributed by atoms with Crippen molar-refractivity contribution < 1.29 is 0 Å². The first kappa shape index (κ1) is 11.2. The Balaban J connectivity index is 2.66. The molecular weight excluding hydrogens is 194 g/mol. The van der Waals surface area contributed by atoms with Crippen LogP contribution in [0.3, 0.4) is 0 Å². The molecule has 0 saturated carbocycles. The molecule has 0 amide bonds. The summed E-state index contributed by atoms with van der Waals surface area (Å²) in [5.74, 6) is 0. The highest BCUT2D eigenvalue weighted by atomic mass is 14.4. The summed E-state index contributed by atoms with van der Waals surface area (Å²) in [5.41, 5.74) is 4.02. The third kappa shape index (κ3) is 1.63. The van der Waals surface area contributed by atoms with Crippen molar-refractivity contribution in [2.45, 2.75) is 51.4 Å². The van der Waals surface area contributed by atoms with Gasteiger partial charge in [0.05, 0.1) is 11.6 Å². The zero-order valence-corrected chi connectivity index (χ0v) is 10.6. The number of hydrogen-bond acceptors (Lipinski definition) is 1. The highest BCUT2D eigenvalue weighted by Gasteiger charge is 2.36. The summed E-state index contributed by atoms with van der Waals surface area (Å²) in [6, 6.07) is 8.42. The Kier molecular flexibility index (Phi) is 2.35. The van der Waals surface area contributed by atoms with E-state index in [9.17, 15) is 0 Å². The predicted molar refractivity (Wildman–Crippen MR) is 66.4 cm³/mol. The zero-order chi connectivity index (χ0) is 12.0. The molecule has 84 valence electrons. The normalized spacial score (nSPS) is 20.9. The van der Waals surface area contributed by atoms with Crippen LogP contribution in [0.1, 0.15) is 57.2 Å². The van der Waals surface area contributed by atoms with E-state index in [-0.39, 0.29) is 10.8 Å². The van der Waals surface area contributed by atoms with Gasteiger partial charge in [0.2, 0.25) is 0 Å².